The molecule has 0 saturated heterocycles. The van der Waals surface area contributed by atoms with Gasteiger partial charge in [-0.1, -0.05) is 29.3 Å². The average molecular weight is 625 g/mol. The third-order valence-corrected chi connectivity index (χ3v) is 7.05. The molecule has 0 spiro atoms. The van der Waals surface area contributed by atoms with Crippen molar-refractivity contribution in [2.24, 2.45) is 7.05 Å². The standard InChI is InChI=1S/C27H20Cl2F2N10O2/c1-38-14-33-24(37-38)13-41-26(42)35-25(40(27(41)43)11-15-6-18(28)21(31)9-20(15)30)34-23-7-16-10-39(36-22(16)8-19(23)29)12-17-4-2-3-5-32-17/h2-10,14H,11-13H2,1H3,(H,34,35,42). The molecular weight excluding hydrogens is 605 g/mol. The second-order valence-electron chi connectivity index (χ2n) is 9.53. The number of rotatable bonds is 8. The molecule has 0 unspecified atom stereocenters. The first-order valence-electron chi connectivity index (χ1n) is 12.7. The summed E-state index contributed by atoms with van der Waals surface area (Å²) in [5, 5.41) is 12.1. The Labute approximate surface area is 250 Å². The molecular formula is C27H20Cl2F2N10O2. The third kappa shape index (κ3) is 5.87. The van der Waals surface area contributed by atoms with Crippen molar-refractivity contribution in [3.8, 4) is 0 Å². The second kappa shape index (κ2) is 11.4. The molecule has 4 aromatic heterocycles. The summed E-state index contributed by atoms with van der Waals surface area (Å²) < 4.78 is 33.5. The maximum Gasteiger partial charge on any atom is 0.355 e. The van der Waals surface area contributed by atoms with Crippen LogP contribution >= 0.6 is 23.2 Å². The molecule has 0 radical (unpaired) electrons. The quantitative estimate of drug-likeness (QED) is 0.253. The zero-order valence-corrected chi connectivity index (χ0v) is 23.8. The lowest BCUT2D eigenvalue weighted by atomic mass is 10.2. The zero-order valence-electron chi connectivity index (χ0n) is 22.2. The molecule has 6 aromatic rings. The Balaban J connectivity index is 1.41. The predicted molar refractivity (Wildman–Crippen MR) is 155 cm³/mol. The highest BCUT2D eigenvalue weighted by Gasteiger charge is 2.19. The fraction of sp³-hybridized carbons (Fsp3) is 0.148. The van der Waals surface area contributed by atoms with Crippen LogP contribution in [-0.2, 0) is 26.7 Å². The average Bonchev–Trinajstić information content (AvgIpc) is 3.56. The first kappa shape index (κ1) is 28.2. The lowest BCUT2D eigenvalue weighted by Crippen LogP contribution is -2.43. The minimum absolute atomic E-state index is 0.114. The highest BCUT2D eigenvalue weighted by atomic mass is 35.5. The molecule has 218 valence electrons. The number of benzene rings is 2. The number of halogens is 4. The van der Waals surface area contributed by atoms with E-state index in [0.29, 0.717) is 29.2 Å². The van der Waals surface area contributed by atoms with Gasteiger partial charge in [-0.2, -0.15) is 15.2 Å². The van der Waals surface area contributed by atoms with Crippen LogP contribution in [0.4, 0.5) is 20.4 Å². The highest BCUT2D eigenvalue weighted by Crippen LogP contribution is 2.30. The van der Waals surface area contributed by atoms with Crippen molar-refractivity contribution in [2.45, 2.75) is 19.6 Å². The minimum atomic E-state index is -0.957. The molecule has 0 aliphatic rings. The van der Waals surface area contributed by atoms with Crippen LogP contribution in [0.3, 0.4) is 0 Å². The van der Waals surface area contributed by atoms with Crippen LogP contribution in [0.2, 0.25) is 10.0 Å². The number of hydrogen-bond acceptors (Lipinski definition) is 8. The number of nitrogens with one attached hydrogen (secondary N) is 1. The number of anilines is 2. The number of aromatic nitrogens is 9. The fourth-order valence-corrected chi connectivity index (χ4v) is 4.80. The molecule has 6 rings (SSSR count). The summed E-state index contributed by atoms with van der Waals surface area (Å²) in [4.78, 5) is 39.1. The van der Waals surface area contributed by atoms with Crippen LogP contribution in [0.25, 0.3) is 10.9 Å². The van der Waals surface area contributed by atoms with Gasteiger partial charge < -0.3 is 5.32 Å². The molecule has 2 aromatic carbocycles. The van der Waals surface area contributed by atoms with E-state index in [2.05, 4.69) is 30.5 Å². The van der Waals surface area contributed by atoms with Crippen LogP contribution < -0.4 is 16.7 Å². The molecule has 1 N–H and O–H groups in total. The Morgan fingerprint density at radius 1 is 0.907 bits per heavy atom. The largest absolute Gasteiger partial charge is 0.355 e. The van der Waals surface area contributed by atoms with E-state index >= 15 is 0 Å². The van der Waals surface area contributed by atoms with Crippen LogP contribution in [0.15, 0.2) is 70.8 Å². The molecule has 0 bridgehead atoms. The molecule has 12 nitrogen and oxygen atoms in total. The Morgan fingerprint density at radius 2 is 1.74 bits per heavy atom. The number of fused-ring (bicyclic) bond motifs is 1. The second-order valence-corrected chi connectivity index (χ2v) is 10.3. The maximum atomic E-state index is 14.8. The highest BCUT2D eigenvalue weighted by molar-refractivity contribution is 6.34. The zero-order chi connectivity index (χ0) is 30.2. The molecule has 16 heteroatoms. The van der Waals surface area contributed by atoms with Gasteiger partial charge in [0.25, 0.3) is 0 Å². The van der Waals surface area contributed by atoms with E-state index in [1.807, 2.05) is 18.2 Å². The van der Waals surface area contributed by atoms with Gasteiger partial charge in [0.15, 0.2) is 5.82 Å². The van der Waals surface area contributed by atoms with E-state index in [-0.39, 0.29) is 33.9 Å². The van der Waals surface area contributed by atoms with Gasteiger partial charge in [0.1, 0.15) is 18.0 Å². The van der Waals surface area contributed by atoms with Crippen molar-refractivity contribution in [2.75, 3.05) is 5.32 Å². The SMILES string of the molecule is Cn1cnc(Cn2c(=O)nc(Nc3cc4cn(Cc5ccccn5)nc4cc3Cl)n(Cc3cc(Cl)c(F)cc3F)c2=O)n1. The molecule has 0 amide bonds. The Kier molecular flexibility index (Phi) is 7.46. The smallest absolute Gasteiger partial charge is 0.324 e. The van der Waals surface area contributed by atoms with Gasteiger partial charge in [0, 0.05) is 36.5 Å². The normalized spacial score (nSPS) is 11.4. The maximum absolute atomic E-state index is 14.8. The molecule has 0 atom stereocenters. The van der Waals surface area contributed by atoms with Crippen molar-refractivity contribution in [1.82, 2.24) is 43.6 Å². The first-order chi connectivity index (χ1) is 20.6. The Morgan fingerprint density at radius 3 is 2.49 bits per heavy atom. The van der Waals surface area contributed by atoms with E-state index in [0.717, 1.165) is 20.9 Å². The van der Waals surface area contributed by atoms with Gasteiger partial charge in [0.2, 0.25) is 5.95 Å². The molecule has 43 heavy (non-hydrogen) atoms. The summed E-state index contributed by atoms with van der Waals surface area (Å²) in [6.07, 6.45) is 4.89. The molecule has 0 fully saturated rings. The summed E-state index contributed by atoms with van der Waals surface area (Å²) in [5.41, 5.74) is -0.171. The number of nitrogens with zero attached hydrogens (tertiary/aromatic N) is 9. The summed E-state index contributed by atoms with van der Waals surface area (Å²) in [6, 6.07) is 10.5. The number of pyridine rings is 1. The molecule has 0 aliphatic carbocycles. The monoisotopic (exact) mass is 624 g/mol. The summed E-state index contributed by atoms with van der Waals surface area (Å²) in [5.74, 6) is -1.95. The van der Waals surface area contributed by atoms with Crippen LogP contribution in [0.1, 0.15) is 17.1 Å². The van der Waals surface area contributed by atoms with Crippen LogP contribution in [0, 0.1) is 11.6 Å². The lowest BCUT2D eigenvalue weighted by molar-refractivity contribution is 0.544. The van der Waals surface area contributed by atoms with Crippen molar-refractivity contribution < 1.29 is 8.78 Å². The van der Waals surface area contributed by atoms with E-state index in [1.165, 1.54) is 11.0 Å². The van der Waals surface area contributed by atoms with E-state index in [1.54, 1.807) is 36.3 Å². The lowest BCUT2D eigenvalue weighted by Gasteiger charge is -2.16. The van der Waals surface area contributed by atoms with Crippen molar-refractivity contribution in [3.05, 3.63) is 121 Å². The van der Waals surface area contributed by atoms with E-state index in [9.17, 15) is 18.4 Å². The van der Waals surface area contributed by atoms with Gasteiger partial charge >= 0.3 is 11.4 Å². The Bertz CT molecular complexity index is 2110. The number of aryl methyl sites for hydroxylation is 1. The van der Waals surface area contributed by atoms with E-state index < -0.39 is 29.6 Å². The van der Waals surface area contributed by atoms with Crippen LogP contribution in [0.5, 0.6) is 0 Å². The minimum Gasteiger partial charge on any atom is -0.324 e. The summed E-state index contributed by atoms with van der Waals surface area (Å²) in [7, 11) is 1.63. The van der Waals surface area contributed by atoms with Gasteiger partial charge in [-0.3, -0.25) is 18.9 Å². The van der Waals surface area contributed by atoms with Gasteiger partial charge in [-0.05, 0) is 30.3 Å². The van der Waals surface area contributed by atoms with Gasteiger partial charge in [0.05, 0.1) is 46.6 Å². The van der Waals surface area contributed by atoms with Gasteiger partial charge in [-0.25, -0.2) is 27.9 Å². The first-order valence-corrected chi connectivity index (χ1v) is 13.4. The van der Waals surface area contributed by atoms with Crippen molar-refractivity contribution in [3.63, 3.8) is 0 Å². The summed E-state index contributed by atoms with van der Waals surface area (Å²) in [6.45, 7) is -0.315. The number of hydrogen-bond donors (Lipinski definition) is 1. The molecule has 4 heterocycles. The summed E-state index contributed by atoms with van der Waals surface area (Å²) >= 11 is 12.5. The third-order valence-electron chi connectivity index (χ3n) is 6.45. The van der Waals surface area contributed by atoms with Crippen molar-refractivity contribution >= 4 is 45.7 Å². The Hall–Kier alpha value is -4.95. The fourth-order valence-electron chi connectivity index (χ4n) is 4.41. The molecule has 0 aliphatic heterocycles. The van der Waals surface area contributed by atoms with E-state index in [4.69, 9.17) is 23.2 Å². The van der Waals surface area contributed by atoms with Gasteiger partial charge in [-0.15, -0.1) is 0 Å². The molecule has 0 saturated carbocycles. The van der Waals surface area contributed by atoms with Crippen molar-refractivity contribution in [1.29, 1.82) is 0 Å². The predicted octanol–water partition coefficient (Wildman–Crippen LogP) is 3.75. The van der Waals surface area contributed by atoms with Crippen LogP contribution in [-0.4, -0.2) is 43.6 Å². The topological polar surface area (TPSA) is 130 Å².